The van der Waals surface area contributed by atoms with Crippen molar-refractivity contribution in [3.8, 4) is 5.75 Å². The van der Waals surface area contributed by atoms with Crippen molar-refractivity contribution in [3.05, 3.63) is 52.5 Å². The van der Waals surface area contributed by atoms with Crippen LogP contribution >= 0.6 is 15.9 Å². The van der Waals surface area contributed by atoms with Crippen molar-refractivity contribution >= 4 is 37.5 Å². The van der Waals surface area contributed by atoms with Crippen molar-refractivity contribution in [1.29, 1.82) is 0 Å². The Kier molecular flexibility index (Phi) is 6.97. The van der Waals surface area contributed by atoms with Gasteiger partial charge in [-0.05, 0) is 49.2 Å². The van der Waals surface area contributed by atoms with Gasteiger partial charge in [0.2, 0.25) is 10.0 Å². The van der Waals surface area contributed by atoms with Crippen LogP contribution in [0.15, 0.2) is 51.8 Å². The van der Waals surface area contributed by atoms with Gasteiger partial charge in [0, 0.05) is 23.1 Å². The van der Waals surface area contributed by atoms with E-state index < -0.39 is 15.9 Å². The van der Waals surface area contributed by atoms with E-state index in [2.05, 4.69) is 21.2 Å². The van der Waals surface area contributed by atoms with E-state index in [1.165, 1.54) is 23.5 Å². The fourth-order valence-electron chi connectivity index (χ4n) is 3.58. The van der Waals surface area contributed by atoms with Gasteiger partial charge in [-0.15, -0.1) is 0 Å². The van der Waals surface area contributed by atoms with E-state index in [1.807, 2.05) is 6.07 Å². The monoisotopic (exact) mass is 480 g/mol. The minimum Gasteiger partial charge on any atom is -0.495 e. The Morgan fingerprint density at radius 2 is 1.86 bits per heavy atom. The van der Waals surface area contributed by atoms with Crippen LogP contribution in [0.4, 0.5) is 5.69 Å². The summed E-state index contributed by atoms with van der Waals surface area (Å²) in [5.74, 6) is 0.112. The summed E-state index contributed by atoms with van der Waals surface area (Å²) in [5.41, 5.74) is 0.768. The SMILES string of the molecule is COc1ccc(Br)cc1NC(=O)c1cccc(S(=O)(=O)N(C)C2CCCCC2)c1. The molecule has 156 valence electrons. The molecule has 2 aromatic carbocycles. The normalized spacial score (nSPS) is 15.3. The van der Waals surface area contributed by atoms with Crippen molar-refractivity contribution in [2.45, 2.75) is 43.0 Å². The molecule has 2 aromatic rings. The zero-order valence-corrected chi connectivity index (χ0v) is 18.9. The molecular formula is C21H25BrN2O4S. The van der Waals surface area contributed by atoms with Crippen LogP contribution in [0.2, 0.25) is 0 Å². The maximum atomic E-state index is 13.1. The Balaban J connectivity index is 1.83. The van der Waals surface area contributed by atoms with E-state index in [9.17, 15) is 13.2 Å². The molecule has 29 heavy (non-hydrogen) atoms. The third kappa shape index (κ3) is 4.99. The van der Waals surface area contributed by atoms with Crippen molar-refractivity contribution in [2.24, 2.45) is 0 Å². The lowest BCUT2D eigenvalue weighted by Gasteiger charge is -2.30. The average molecular weight is 481 g/mol. The van der Waals surface area contributed by atoms with Gasteiger partial charge in [0.25, 0.3) is 5.91 Å². The number of hydrogen-bond donors (Lipinski definition) is 1. The molecular weight excluding hydrogens is 456 g/mol. The number of carbonyl (C=O) groups excluding carboxylic acids is 1. The Hall–Kier alpha value is -1.90. The highest BCUT2D eigenvalue weighted by molar-refractivity contribution is 9.10. The van der Waals surface area contributed by atoms with E-state index in [0.717, 1.165) is 36.6 Å². The van der Waals surface area contributed by atoms with E-state index in [4.69, 9.17) is 4.74 Å². The fourth-order valence-corrected chi connectivity index (χ4v) is 5.40. The number of sulfonamides is 1. The Labute approximate surface area is 180 Å². The van der Waals surface area contributed by atoms with Crippen molar-refractivity contribution < 1.29 is 17.9 Å². The van der Waals surface area contributed by atoms with Crippen molar-refractivity contribution in [3.63, 3.8) is 0 Å². The molecule has 8 heteroatoms. The lowest BCUT2D eigenvalue weighted by molar-refractivity contribution is 0.102. The highest BCUT2D eigenvalue weighted by atomic mass is 79.9. The van der Waals surface area contributed by atoms with Gasteiger partial charge >= 0.3 is 0 Å². The van der Waals surface area contributed by atoms with Gasteiger partial charge in [-0.2, -0.15) is 4.31 Å². The summed E-state index contributed by atoms with van der Waals surface area (Å²) >= 11 is 3.37. The largest absolute Gasteiger partial charge is 0.495 e. The number of hydrogen-bond acceptors (Lipinski definition) is 4. The minimum absolute atomic E-state index is 0.0113. The standard InChI is InChI=1S/C21H25BrN2O4S/c1-24(17-8-4-3-5-9-17)29(26,27)18-10-6-7-15(13-18)21(25)23-19-14-16(22)11-12-20(19)28-2/h6-7,10-14,17H,3-5,8-9H2,1-2H3,(H,23,25). The van der Waals surface area contributed by atoms with Crippen molar-refractivity contribution in [2.75, 3.05) is 19.5 Å². The molecule has 0 atom stereocenters. The molecule has 1 amide bonds. The summed E-state index contributed by atoms with van der Waals surface area (Å²) in [5, 5.41) is 2.79. The zero-order chi connectivity index (χ0) is 21.0. The first kappa shape index (κ1) is 21.8. The topological polar surface area (TPSA) is 75.7 Å². The van der Waals surface area contributed by atoms with E-state index in [1.54, 1.807) is 31.3 Å². The van der Waals surface area contributed by atoms with Crippen LogP contribution in [0.3, 0.4) is 0 Å². The van der Waals surface area contributed by atoms with E-state index in [0.29, 0.717) is 11.4 Å². The number of ether oxygens (including phenoxy) is 1. The Morgan fingerprint density at radius 3 is 2.55 bits per heavy atom. The maximum absolute atomic E-state index is 13.1. The summed E-state index contributed by atoms with van der Waals surface area (Å²) in [6.07, 6.45) is 4.99. The molecule has 3 rings (SSSR count). The number of anilines is 1. The summed E-state index contributed by atoms with van der Waals surface area (Å²) in [7, 11) is -0.515. The summed E-state index contributed by atoms with van der Waals surface area (Å²) in [6, 6.07) is 11.4. The van der Waals surface area contributed by atoms with Gasteiger partial charge in [-0.1, -0.05) is 41.3 Å². The summed E-state index contributed by atoms with van der Waals surface area (Å²) in [6.45, 7) is 0. The molecule has 1 N–H and O–H groups in total. The maximum Gasteiger partial charge on any atom is 0.255 e. The summed E-state index contributed by atoms with van der Waals surface area (Å²) in [4.78, 5) is 12.9. The van der Waals surface area contributed by atoms with Gasteiger partial charge in [-0.25, -0.2) is 8.42 Å². The van der Waals surface area contributed by atoms with Crippen LogP contribution in [0, 0.1) is 0 Å². The van der Waals surface area contributed by atoms with Crippen LogP contribution in [0.5, 0.6) is 5.75 Å². The molecule has 0 heterocycles. The van der Waals surface area contributed by atoms with Crippen molar-refractivity contribution in [1.82, 2.24) is 4.31 Å². The predicted octanol–water partition coefficient (Wildman–Crippen LogP) is 4.66. The van der Waals surface area contributed by atoms with E-state index in [-0.39, 0.29) is 16.5 Å². The molecule has 0 radical (unpaired) electrons. The highest BCUT2D eigenvalue weighted by Gasteiger charge is 2.29. The number of halogens is 1. The molecule has 0 aromatic heterocycles. The molecule has 1 fully saturated rings. The second kappa shape index (κ2) is 9.28. The number of amides is 1. The molecule has 0 unspecified atom stereocenters. The summed E-state index contributed by atoms with van der Waals surface area (Å²) < 4.78 is 33.7. The second-order valence-corrected chi connectivity index (χ2v) is 10.1. The zero-order valence-electron chi connectivity index (χ0n) is 16.5. The number of benzene rings is 2. The van der Waals surface area contributed by atoms with Gasteiger partial charge in [0.05, 0.1) is 17.7 Å². The smallest absolute Gasteiger partial charge is 0.255 e. The molecule has 1 saturated carbocycles. The number of methoxy groups -OCH3 is 1. The third-order valence-electron chi connectivity index (χ3n) is 5.27. The second-order valence-electron chi connectivity index (χ2n) is 7.14. The van der Waals surface area contributed by atoms with Gasteiger partial charge < -0.3 is 10.1 Å². The van der Waals surface area contributed by atoms with Crippen LogP contribution in [0.1, 0.15) is 42.5 Å². The quantitative estimate of drug-likeness (QED) is 0.651. The molecule has 0 saturated heterocycles. The minimum atomic E-state index is -3.67. The molecule has 0 aliphatic heterocycles. The molecule has 0 spiro atoms. The van der Waals surface area contributed by atoms with Gasteiger partial charge in [0.1, 0.15) is 5.75 Å². The average Bonchev–Trinajstić information content (AvgIpc) is 2.74. The first-order chi connectivity index (χ1) is 13.8. The van der Waals surface area contributed by atoms with Crippen LogP contribution in [0.25, 0.3) is 0 Å². The molecule has 0 bridgehead atoms. The van der Waals surface area contributed by atoms with Crippen LogP contribution in [-0.2, 0) is 10.0 Å². The lowest BCUT2D eigenvalue weighted by Crippen LogP contribution is -2.38. The van der Waals surface area contributed by atoms with Gasteiger partial charge in [-0.3, -0.25) is 4.79 Å². The number of carbonyl (C=O) groups is 1. The molecule has 6 nitrogen and oxygen atoms in total. The number of rotatable bonds is 6. The van der Waals surface area contributed by atoms with E-state index >= 15 is 0 Å². The fraction of sp³-hybridized carbons (Fsp3) is 0.381. The molecule has 1 aliphatic carbocycles. The number of nitrogens with zero attached hydrogens (tertiary/aromatic N) is 1. The highest BCUT2D eigenvalue weighted by Crippen LogP contribution is 2.29. The lowest BCUT2D eigenvalue weighted by atomic mass is 9.96. The first-order valence-corrected chi connectivity index (χ1v) is 11.8. The third-order valence-corrected chi connectivity index (χ3v) is 7.67. The van der Waals surface area contributed by atoms with Crippen LogP contribution < -0.4 is 10.1 Å². The van der Waals surface area contributed by atoms with Crippen LogP contribution in [-0.4, -0.2) is 38.8 Å². The first-order valence-electron chi connectivity index (χ1n) is 9.56. The van der Waals surface area contributed by atoms with Gasteiger partial charge in [0.15, 0.2) is 0 Å². The Morgan fingerprint density at radius 1 is 1.14 bits per heavy atom. The number of nitrogens with one attached hydrogen (secondary N) is 1. The predicted molar refractivity (Wildman–Crippen MR) is 117 cm³/mol. The Bertz CT molecular complexity index is 988. The molecule has 1 aliphatic rings.